The standard InChI is InChI=1S/C21H22N4O2S/c1-3-14(2)15-9-11-17(12-10-15)23-21(27)19-18(24-25-28-19)13-22-20(26)16-7-5-4-6-8-16/h4-12,14H,3,13H2,1-2H3,(H,22,26)(H,23,27). The maximum absolute atomic E-state index is 12.6. The van der Waals surface area contributed by atoms with E-state index in [9.17, 15) is 9.59 Å². The van der Waals surface area contributed by atoms with Crippen molar-refractivity contribution in [3.05, 3.63) is 76.3 Å². The summed E-state index contributed by atoms with van der Waals surface area (Å²) in [7, 11) is 0. The molecule has 28 heavy (non-hydrogen) atoms. The van der Waals surface area contributed by atoms with Crippen molar-refractivity contribution in [2.24, 2.45) is 0 Å². The molecule has 2 aromatic carbocycles. The van der Waals surface area contributed by atoms with Crippen molar-refractivity contribution in [3.63, 3.8) is 0 Å². The number of anilines is 1. The molecule has 2 N–H and O–H groups in total. The second-order valence-electron chi connectivity index (χ2n) is 6.48. The Labute approximate surface area is 168 Å². The molecule has 1 heterocycles. The first-order valence-electron chi connectivity index (χ1n) is 9.14. The van der Waals surface area contributed by atoms with Crippen molar-refractivity contribution >= 4 is 29.0 Å². The minimum Gasteiger partial charge on any atom is -0.346 e. The first-order chi connectivity index (χ1) is 13.6. The normalized spacial score (nSPS) is 11.6. The molecule has 2 amide bonds. The van der Waals surface area contributed by atoms with Gasteiger partial charge in [0, 0.05) is 11.3 Å². The lowest BCUT2D eigenvalue weighted by Gasteiger charge is -2.10. The number of hydrogen-bond acceptors (Lipinski definition) is 5. The van der Waals surface area contributed by atoms with Gasteiger partial charge in [-0.3, -0.25) is 9.59 Å². The van der Waals surface area contributed by atoms with Gasteiger partial charge in [-0.25, -0.2) is 0 Å². The Hall–Kier alpha value is -3.06. The average Bonchev–Trinajstić information content (AvgIpc) is 3.21. The first-order valence-corrected chi connectivity index (χ1v) is 9.91. The van der Waals surface area contributed by atoms with Gasteiger partial charge in [0.25, 0.3) is 11.8 Å². The molecule has 0 fully saturated rings. The SMILES string of the molecule is CCC(C)c1ccc(NC(=O)c2snnc2CNC(=O)c2ccccc2)cc1. The Bertz CT molecular complexity index is 939. The summed E-state index contributed by atoms with van der Waals surface area (Å²) < 4.78 is 3.86. The van der Waals surface area contributed by atoms with Crippen LogP contribution in [0.4, 0.5) is 5.69 Å². The van der Waals surface area contributed by atoms with Crippen LogP contribution in [0, 0.1) is 0 Å². The number of nitrogens with one attached hydrogen (secondary N) is 2. The van der Waals surface area contributed by atoms with Crippen molar-refractivity contribution in [3.8, 4) is 0 Å². The van der Waals surface area contributed by atoms with Crippen LogP contribution in [0.15, 0.2) is 54.6 Å². The molecular weight excluding hydrogens is 372 g/mol. The smallest absolute Gasteiger partial charge is 0.269 e. The zero-order valence-electron chi connectivity index (χ0n) is 15.8. The summed E-state index contributed by atoms with van der Waals surface area (Å²) in [5.74, 6) is -0.0221. The number of nitrogens with zero attached hydrogens (tertiary/aromatic N) is 2. The van der Waals surface area contributed by atoms with E-state index in [1.54, 1.807) is 24.3 Å². The summed E-state index contributed by atoms with van der Waals surface area (Å²) in [5, 5.41) is 9.62. The summed E-state index contributed by atoms with van der Waals surface area (Å²) in [4.78, 5) is 25.1. The molecule has 3 rings (SSSR count). The van der Waals surface area contributed by atoms with Crippen LogP contribution in [0.25, 0.3) is 0 Å². The second kappa shape index (κ2) is 9.23. The Morgan fingerprint density at radius 1 is 1.04 bits per heavy atom. The van der Waals surface area contributed by atoms with Gasteiger partial charge in [0.15, 0.2) is 0 Å². The summed E-state index contributed by atoms with van der Waals surface area (Å²) in [5.41, 5.74) is 2.95. The average molecular weight is 395 g/mol. The summed E-state index contributed by atoms with van der Waals surface area (Å²) in [6.07, 6.45) is 1.07. The van der Waals surface area contributed by atoms with Crippen LogP contribution in [0.1, 0.15) is 57.5 Å². The van der Waals surface area contributed by atoms with Crippen LogP contribution in [0.5, 0.6) is 0 Å². The number of amides is 2. The number of aromatic nitrogens is 2. The highest BCUT2D eigenvalue weighted by molar-refractivity contribution is 7.08. The monoisotopic (exact) mass is 394 g/mol. The van der Waals surface area contributed by atoms with E-state index in [-0.39, 0.29) is 18.4 Å². The Kier molecular flexibility index (Phi) is 6.49. The zero-order chi connectivity index (χ0) is 19.9. The largest absolute Gasteiger partial charge is 0.346 e. The molecule has 0 bridgehead atoms. The van der Waals surface area contributed by atoms with Crippen LogP contribution in [0.2, 0.25) is 0 Å². The number of benzene rings is 2. The van der Waals surface area contributed by atoms with E-state index in [1.165, 1.54) is 5.56 Å². The Morgan fingerprint density at radius 2 is 1.75 bits per heavy atom. The Balaban J connectivity index is 1.62. The molecule has 1 unspecified atom stereocenters. The topological polar surface area (TPSA) is 84.0 Å². The molecule has 7 heteroatoms. The van der Waals surface area contributed by atoms with Gasteiger partial charge in [0.2, 0.25) is 0 Å². The minimum atomic E-state index is -0.282. The first kappa shape index (κ1) is 19.7. The van der Waals surface area contributed by atoms with Gasteiger partial charge in [-0.15, -0.1) is 5.10 Å². The zero-order valence-corrected chi connectivity index (χ0v) is 16.6. The van der Waals surface area contributed by atoms with Crippen molar-refractivity contribution < 1.29 is 9.59 Å². The van der Waals surface area contributed by atoms with Crippen LogP contribution < -0.4 is 10.6 Å². The van der Waals surface area contributed by atoms with Crippen molar-refractivity contribution in [1.29, 1.82) is 0 Å². The quantitative estimate of drug-likeness (QED) is 0.628. The fraction of sp³-hybridized carbons (Fsp3) is 0.238. The Morgan fingerprint density at radius 3 is 2.43 bits per heavy atom. The van der Waals surface area contributed by atoms with Gasteiger partial charge >= 0.3 is 0 Å². The highest BCUT2D eigenvalue weighted by Crippen LogP contribution is 2.21. The minimum absolute atomic E-state index is 0.139. The molecular formula is C21H22N4O2S. The third-order valence-electron chi connectivity index (χ3n) is 4.56. The van der Waals surface area contributed by atoms with Crippen LogP contribution in [-0.2, 0) is 6.54 Å². The van der Waals surface area contributed by atoms with E-state index in [4.69, 9.17) is 0 Å². The van der Waals surface area contributed by atoms with E-state index < -0.39 is 0 Å². The fourth-order valence-corrected chi connectivity index (χ4v) is 3.24. The molecule has 0 aliphatic rings. The lowest BCUT2D eigenvalue weighted by molar-refractivity contribution is 0.0947. The van der Waals surface area contributed by atoms with Gasteiger partial charge in [-0.05, 0) is 53.7 Å². The lowest BCUT2D eigenvalue weighted by atomic mass is 9.99. The van der Waals surface area contributed by atoms with E-state index in [0.717, 1.165) is 18.0 Å². The highest BCUT2D eigenvalue weighted by atomic mass is 32.1. The summed E-state index contributed by atoms with van der Waals surface area (Å²) in [6, 6.07) is 16.7. The van der Waals surface area contributed by atoms with E-state index in [1.807, 2.05) is 30.3 Å². The lowest BCUT2D eigenvalue weighted by Crippen LogP contribution is -2.24. The van der Waals surface area contributed by atoms with Gasteiger partial charge in [-0.1, -0.05) is 48.7 Å². The van der Waals surface area contributed by atoms with Crippen LogP contribution in [-0.4, -0.2) is 21.4 Å². The third-order valence-corrected chi connectivity index (χ3v) is 5.33. The molecule has 0 aliphatic carbocycles. The van der Waals surface area contributed by atoms with E-state index in [2.05, 4.69) is 34.1 Å². The molecule has 6 nitrogen and oxygen atoms in total. The number of carbonyl (C=O) groups excluding carboxylic acids is 2. The molecule has 0 aliphatic heterocycles. The third kappa shape index (κ3) is 4.80. The predicted molar refractivity (Wildman–Crippen MR) is 111 cm³/mol. The molecule has 144 valence electrons. The van der Waals surface area contributed by atoms with E-state index >= 15 is 0 Å². The van der Waals surface area contributed by atoms with Gasteiger partial charge in [0.1, 0.15) is 10.6 Å². The molecule has 0 saturated heterocycles. The predicted octanol–water partition coefficient (Wildman–Crippen LogP) is 4.23. The number of carbonyl (C=O) groups is 2. The second-order valence-corrected chi connectivity index (χ2v) is 7.24. The molecule has 1 atom stereocenters. The molecule has 0 radical (unpaired) electrons. The maximum Gasteiger partial charge on any atom is 0.269 e. The van der Waals surface area contributed by atoms with Crippen molar-refractivity contribution in [1.82, 2.24) is 14.9 Å². The van der Waals surface area contributed by atoms with E-state index in [0.29, 0.717) is 27.7 Å². The molecule has 1 aromatic heterocycles. The van der Waals surface area contributed by atoms with Gasteiger partial charge in [-0.2, -0.15) is 0 Å². The maximum atomic E-state index is 12.6. The molecule has 0 spiro atoms. The highest BCUT2D eigenvalue weighted by Gasteiger charge is 2.17. The van der Waals surface area contributed by atoms with Gasteiger partial charge < -0.3 is 10.6 Å². The fourth-order valence-electron chi connectivity index (χ4n) is 2.67. The number of hydrogen-bond donors (Lipinski definition) is 2. The van der Waals surface area contributed by atoms with Crippen molar-refractivity contribution in [2.75, 3.05) is 5.32 Å². The van der Waals surface area contributed by atoms with Crippen LogP contribution in [0.3, 0.4) is 0 Å². The van der Waals surface area contributed by atoms with Crippen LogP contribution >= 0.6 is 11.5 Å². The summed E-state index contributed by atoms with van der Waals surface area (Å²) in [6.45, 7) is 4.46. The number of rotatable bonds is 7. The van der Waals surface area contributed by atoms with Gasteiger partial charge in [0.05, 0.1) is 6.54 Å². The van der Waals surface area contributed by atoms with Crippen molar-refractivity contribution in [2.45, 2.75) is 32.7 Å². The molecule has 0 saturated carbocycles. The summed E-state index contributed by atoms with van der Waals surface area (Å²) >= 11 is 1.01. The molecule has 3 aromatic rings.